The molecule has 21 heavy (non-hydrogen) atoms. The second kappa shape index (κ2) is 5.48. The first-order valence-corrected chi connectivity index (χ1v) is 7.09. The molecule has 0 saturated carbocycles. The molecular formula is C17H18N2O2. The number of rotatable bonds is 3. The molecule has 1 atom stereocenters. The van der Waals surface area contributed by atoms with E-state index in [2.05, 4.69) is 12.1 Å². The van der Waals surface area contributed by atoms with Crippen LogP contribution in [0.15, 0.2) is 42.5 Å². The number of carbonyl (C=O) groups is 1. The van der Waals surface area contributed by atoms with Gasteiger partial charge in [-0.1, -0.05) is 24.3 Å². The monoisotopic (exact) mass is 282 g/mol. The molecule has 0 aromatic heterocycles. The minimum atomic E-state index is -0.483. The summed E-state index contributed by atoms with van der Waals surface area (Å²) in [4.78, 5) is 11.3. The second-order valence-electron chi connectivity index (χ2n) is 5.31. The van der Waals surface area contributed by atoms with Crippen LogP contribution in [0.5, 0.6) is 5.75 Å². The van der Waals surface area contributed by atoms with E-state index in [9.17, 15) is 4.79 Å². The van der Waals surface area contributed by atoms with Gasteiger partial charge in [-0.3, -0.25) is 4.79 Å². The van der Waals surface area contributed by atoms with Crippen molar-refractivity contribution >= 4 is 11.6 Å². The standard InChI is InChI=1S/C17H18N2O2/c18-14-9-8-12(17(19)20)10-16(14)21-15-7-3-5-11-4-1-2-6-13(11)15/h1-2,4,6,8-10,15H,3,5,7,18H2,(H2,19,20). The SMILES string of the molecule is NC(=O)c1ccc(N)c(OC2CCCc3ccccc32)c1. The third kappa shape index (κ3) is 2.70. The summed E-state index contributed by atoms with van der Waals surface area (Å²) in [6.07, 6.45) is 3.07. The fraction of sp³-hybridized carbons (Fsp3) is 0.235. The van der Waals surface area contributed by atoms with Crippen LogP contribution in [-0.2, 0) is 6.42 Å². The summed E-state index contributed by atoms with van der Waals surface area (Å²) in [5, 5.41) is 0. The lowest BCUT2D eigenvalue weighted by molar-refractivity contribution is 0.0999. The van der Waals surface area contributed by atoms with Gasteiger partial charge < -0.3 is 16.2 Å². The number of nitrogens with two attached hydrogens (primary N) is 2. The van der Waals surface area contributed by atoms with Crippen molar-refractivity contribution in [1.82, 2.24) is 0 Å². The van der Waals surface area contributed by atoms with E-state index in [4.69, 9.17) is 16.2 Å². The van der Waals surface area contributed by atoms with Crippen LogP contribution in [0.3, 0.4) is 0 Å². The van der Waals surface area contributed by atoms with Gasteiger partial charge in [-0.25, -0.2) is 0 Å². The molecule has 3 rings (SSSR count). The highest BCUT2D eigenvalue weighted by atomic mass is 16.5. The number of carbonyl (C=O) groups excluding carboxylic acids is 1. The average molecular weight is 282 g/mol. The Morgan fingerprint density at radius 2 is 2.00 bits per heavy atom. The molecule has 0 heterocycles. The van der Waals surface area contributed by atoms with Crippen LogP contribution in [0.2, 0.25) is 0 Å². The maximum absolute atomic E-state index is 11.3. The lowest BCUT2D eigenvalue weighted by atomic mass is 9.89. The van der Waals surface area contributed by atoms with Gasteiger partial charge in [-0.15, -0.1) is 0 Å². The number of ether oxygens (including phenoxy) is 1. The van der Waals surface area contributed by atoms with Crippen molar-refractivity contribution in [2.75, 3.05) is 5.73 Å². The average Bonchev–Trinajstić information content (AvgIpc) is 2.49. The molecule has 4 N–H and O–H groups in total. The molecule has 1 aliphatic rings. The zero-order chi connectivity index (χ0) is 14.8. The first-order valence-electron chi connectivity index (χ1n) is 7.09. The van der Waals surface area contributed by atoms with E-state index in [-0.39, 0.29) is 6.10 Å². The van der Waals surface area contributed by atoms with E-state index >= 15 is 0 Å². The molecule has 4 heteroatoms. The normalized spacial score (nSPS) is 17.0. The van der Waals surface area contributed by atoms with E-state index in [1.807, 2.05) is 12.1 Å². The van der Waals surface area contributed by atoms with Crippen molar-refractivity contribution in [1.29, 1.82) is 0 Å². The molecule has 1 amide bonds. The molecule has 2 aromatic carbocycles. The molecule has 0 radical (unpaired) electrons. The number of hydrogen-bond donors (Lipinski definition) is 2. The van der Waals surface area contributed by atoms with E-state index in [1.54, 1.807) is 18.2 Å². The zero-order valence-corrected chi connectivity index (χ0v) is 11.7. The quantitative estimate of drug-likeness (QED) is 0.850. The number of amides is 1. The lowest BCUT2D eigenvalue weighted by Gasteiger charge is -2.27. The molecule has 0 saturated heterocycles. The molecule has 0 spiro atoms. The summed E-state index contributed by atoms with van der Waals surface area (Å²) in [6, 6.07) is 13.2. The van der Waals surface area contributed by atoms with Crippen LogP contribution >= 0.6 is 0 Å². The molecule has 1 aliphatic carbocycles. The van der Waals surface area contributed by atoms with Gasteiger partial charge in [0, 0.05) is 5.56 Å². The summed E-state index contributed by atoms with van der Waals surface area (Å²) < 4.78 is 6.07. The van der Waals surface area contributed by atoms with Crippen molar-refractivity contribution in [3.8, 4) is 5.75 Å². The van der Waals surface area contributed by atoms with Crippen LogP contribution in [0.25, 0.3) is 0 Å². The topological polar surface area (TPSA) is 78.3 Å². The summed E-state index contributed by atoms with van der Waals surface area (Å²) in [5.41, 5.74) is 14.7. The Labute approximate surface area is 123 Å². The maximum Gasteiger partial charge on any atom is 0.248 e. The zero-order valence-electron chi connectivity index (χ0n) is 11.7. The maximum atomic E-state index is 11.3. The minimum absolute atomic E-state index is 0.0274. The van der Waals surface area contributed by atoms with Gasteiger partial charge in [-0.2, -0.15) is 0 Å². The van der Waals surface area contributed by atoms with Crippen LogP contribution in [0, 0.1) is 0 Å². The number of benzene rings is 2. The summed E-state index contributed by atoms with van der Waals surface area (Å²) in [5.74, 6) is 0.0388. The van der Waals surface area contributed by atoms with Crippen molar-refractivity contribution < 1.29 is 9.53 Å². The first-order chi connectivity index (χ1) is 10.1. The summed E-state index contributed by atoms with van der Waals surface area (Å²) in [7, 11) is 0. The third-order valence-electron chi connectivity index (χ3n) is 3.88. The molecule has 1 unspecified atom stereocenters. The number of aryl methyl sites for hydroxylation is 1. The number of primary amides is 1. The Balaban J connectivity index is 1.91. The van der Waals surface area contributed by atoms with Crippen LogP contribution in [0.4, 0.5) is 5.69 Å². The Morgan fingerprint density at radius 3 is 2.81 bits per heavy atom. The predicted molar refractivity (Wildman–Crippen MR) is 82.1 cm³/mol. The Bertz CT molecular complexity index is 682. The largest absolute Gasteiger partial charge is 0.484 e. The Hall–Kier alpha value is -2.49. The first kappa shape index (κ1) is 13.5. The fourth-order valence-electron chi connectivity index (χ4n) is 2.77. The van der Waals surface area contributed by atoms with Gasteiger partial charge in [0.2, 0.25) is 5.91 Å². The number of nitrogen functional groups attached to an aromatic ring is 1. The van der Waals surface area contributed by atoms with Crippen molar-refractivity contribution in [2.24, 2.45) is 5.73 Å². The van der Waals surface area contributed by atoms with Crippen LogP contribution < -0.4 is 16.2 Å². The van der Waals surface area contributed by atoms with Crippen molar-refractivity contribution in [2.45, 2.75) is 25.4 Å². The minimum Gasteiger partial charge on any atom is -0.484 e. The van der Waals surface area contributed by atoms with E-state index < -0.39 is 5.91 Å². The highest BCUT2D eigenvalue weighted by molar-refractivity contribution is 5.93. The van der Waals surface area contributed by atoms with E-state index in [0.717, 1.165) is 19.3 Å². The van der Waals surface area contributed by atoms with Gasteiger partial charge in [0.1, 0.15) is 11.9 Å². The molecule has 0 bridgehead atoms. The highest BCUT2D eigenvalue weighted by Crippen LogP contribution is 2.35. The van der Waals surface area contributed by atoms with Gasteiger partial charge in [0.25, 0.3) is 0 Å². The van der Waals surface area contributed by atoms with Gasteiger partial charge in [-0.05, 0) is 48.6 Å². The van der Waals surface area contributed by atoms with Crippen LogP contribution in [-0.4, -0.2) is 5.91 Å². The lowest BCUT2D eigenvalue weighted by Crippen LogP contribution is -2.16. The predicted octanol–water partition coefficient (Wildman–Crippen LogP) is 2.82. The van der Waals surface area contributed by atoms with Crippen LogP contribution in [0.1, 0.15) is 40.4 Å². The smallest absolute Gasteiger partial charge is 0.248 e. The van der Waals surface area contributed by atoms with Crippen molar-refractivity contribution in [3.63, 3.8) is 0 Å². The van der Waals surface area contributed by atoms with Gasteiger partial charge >= 0.3 is 0 Å². The second-order valence-corrected chi connectivity index (χ2v) is 5.31. The number of fused-ring (bicyclic) bond motifs is 1. The van der Waals surface area contributed by atoms with Crippen molar-refractivity contribution in [3.05, 3.63) is 59.2 Å². The highest BCUT2D eigenvalue weighted by Gasteiger charge is 2.22. The molecule has 2 aromatic rings. The van der Waals surface area contributed by atoms with E-state index in [0.29, 0.717) is 17.0 Å². The molecule has 108 valence electrons. The van der Waals surface area contributed by atoms with Gasteiger partial charge in [0.05, 0.1) is 5.69 Å². The number of anilines is 1. The Kier molecular flexibility index (Phi) is 3.52. The molecule has 0 fully saturated rings. The molecule has 4 nitrogen and oxygen atoms in total. The third-order valence-corrected chi connectivity index (χ3v) is 3.88. The summed E-state index contributed by atoms with van der Waals surface area (Å²) >= 11 is 0. The Morgan fingerprint density at radius 1 is 1.19 bits per heavy atom. The summed E-state index contributed by atoms with van der Waals surface area (Å²) in [6.45, 7) is 0. The molecule has 0 aliphatic heterocycles. The van der Waals surface area contributed by atoms with E-state index in [1.165, 1.54) is 11.1 Å². The fourth-order valence-corrected chi connectivity index (χ4v) is 2.77. The number of hydrogen-bond acceptors (Lipinski definition) is 3. The van der Waals surface area contributed by atoms with Gasteiger partial charge in [0.15, 0.2) is 0 Å². The molecular weight excluding hydrogens is 264 g/mol.